The lowest BCUT2D eigenvalue weighted by atomic mass is 10.0. The van der Waals surface area contributed by atoms with E-state index in [-0.39, 0.29) is 24.8 Å². The Morgan fingerprint density at radius 1 is 1.38 bits per heavy atom. The molecule has 2 unspecified atom stereocenters. The summed E-state index contributed by atoms with van der Waals surface area (Å²) in [5.74, 6) is -0.114. The minimum atomic E-state index is -0.893. The Labute approximate surface area is 151 Å². The Bertz CT molecular complexity index is 761. The molecule has 1 aromatic heterocycles. The van der Waals surface area contributed by atoms with Gasteiger partial charge in [-0.1, -0.05) is 19.1 Å². The predicted octanol–water partition coefficient (Wildman–Crippen LogP) is 1.00. The van der Waals surface area contributed by atoms with Crippen molar-refractivity contribution in [2.45, 2.75) is 32.7 Å². The Hall–Kier alpha value is -2.97. The molecule has 0 radical (unpaired) electrons. The molecular formula is C17H23N5O4. The Morgan fingerprint density at radius 2 is 2.15 bits per heavy atom. The second-order valence-electron chi connectivity index (χ2n) is 6.19. The number of aromatic nitrogens is 4. The highest BCUT2D eigenvalue weighted by molar-refractivity contribution is 5.80. The Kier molecular flexibility index (Phi) is 6.65. The minimum absolute atomic E-state index is 0.00919. The number of carboxylic acids is 1. The molecular weight excluding hydrogens is 338 g/mol. The van der Waals surface area contributed by atoms with Crippen molar-refractivity contribution in [2.24, 2.45) is 5.92 Å². The van der Waals surface area contributed by atoms with Gasteiger partial charge in [0.25, 0.3) is 0 Å². The number of carbonyl (C=O) groups is 2. The molecule has 2 atom stereocenters. The number of aliphatic carboxylic acids is 1. The van der Waals surface area contributed by atoms with Crippen molar-refractivity contribution in [3.05, 3.63) is 35.7 Å². The van der Waals surface area contributed by atoms with E-state index in [9.17, 15) is 9.59 Å². The van der Waals surface area contributed by atoms with Crippen LogP contribution in [0.25, 0.3) is 0 Å². The number of aryl methyl sites for hydroxylation is 1. The third kappa shape index (κ3) is 5.27. The fourth-order valence-corrected chi connectivity index (χ4v) is 2.60. The number of nitrogens with one attached hydrogen (secondary N) is 1. The van der Waals surface area contributed by atoms with Gasteiger partial charge in [0.15, 0.2) is 0 Å². The third-order valence-electron chi connectivity index (χ3n) is 3.97. The number of carboxylic acid groups (broad SMARTS) is 1. The lowest BCUT2D eigenvalue weighted by Gasteiger charge is -2.19. The zero-order valence-electron chi connectivity index (χ0n) is 15.0. The number of carbonyl (C=O) groups excluding carboxylic acids is 1. The SMILES string of the molecule is COc1cccc(CC(C(=O)NCC(C)CC(=O)O)n2nnnc2C)c1. The van der Waals surface area contributed by atoms with Gasteiger partial charge in [0.05, 0.1) is 7.11 Å². The van der Waals surface area contributed by atoms with Crippen molar-refractivity contribution in [3.8, 4) is 5.75 Å². The number of nitrogens with zero attached hydrogens (tertiary/aromatic N) is 4. The number of amides is 1. The van der Waals surface area contributed by atoms with Gasteiger partial charge in [-0.25, -0.2) is 4.68 Å². The average molecular weight is 361 g/mol. The highest BCUT2D eigenvalue weighted by atomic mass is 16.5. The normalized spacial score (nSPS) is 13.0. The highest BCUT2D eigenvalue weighted by Crippen LogP contribution is 2.19. The van der Waals surface area contributed by atoms with Gasteiger partial charge in [-0.2, -0.15) is 0 Å². The fourth-order valence-electron chi connectivity index (χ4n) is 2.60. The molecule has 0 aliphatic carbocycles. The lowest BCUT2D eigenvalue weighted by Crippen LogP contribution is -2.37. The molecule has 0 aliphatic rings. The summed E-state index contributed by atoms with van der Waals surface area (Å²) < 4.78 is 6.69. The molecule has 0 saturated heterocycles. The van der Waals surface area contributed by atoms with Gasteiger partial charge < -0.3 is 15.2 Å². The summed E-state index contributed by atoms with van der Waals surface area (Å²) in [5.41, 5.74) is 0.901. The van der Waals surface area contributed by atoms with Crippen LogP contribution in [-0.2, 0) is 16.0 Å². The fraction of sp³-hybridized carbons (Fsp3) is 0.471. The lowest BCUT2D eigenvalue weighted by molar-refractivity contribution is -0.138. The van der Waals surface area contributed by atoms with Gasteiger partial charge in [0.2, 0.25) is 5.91 Å². The van der Waals surface area contributed by atoms with E-state index in [0.717, 1.165) is 5.56 Å². The minimum Gasteiger partial charge on any atom is -0.497 e. The predicted molar refractivity (Wildman–Crippen MR) is 92.7 cm³/mol. The smallest absolute Gasteiger partial charge is 0.303 e. The van der Waals surface area contributed by atoms with E-state index in [2.05, 4.69) is 20.8 Å². The van der Waals surface area contributed by atoms with Crippen LogP contribution in [0.4, 0.5) is 0 Å². The van der Waals surface area contributed by atoms with E-state index >= 15 is 0 Å². The maximum absolute atomic E-state index is 12.7. The highest BCUT2D eigenvalue weighted by Gasteiger charge is 2.25. The molecule has 2 N–H and O–H groups in total. The van der Waals surface area contributed by atoms with Gasteiger partial charge in [0, 0.05) is 19.4 Å². The summed E-state index contributed by atoms with van der Waals surface area (Å²) in [5, 5.41) is 23.0. The van der Waals surface area contributed by atoms with Gasteiger partial charge >= 0.3 is 5.97 Å². The summed E-state index contributed by atoms with van der Waals surface area (Å²) in [4.78, 5) is 23.5. The van der Waals surface area contributed by atoms with Crippen LogP contribution in [-0.4, -0.2) is 50.8 Å². The van der Waals surface area contributed by atoms with Crippen molar-refractivity contribution >= 4 is 11.9 Å². The van der Waals surface area contributed by atoms with Gasteiger partial charge in [-0.05, 0) is 41.0 Å². The van der Waals surface area contributed by atoms with Crippen LogP contribution < -0.4 is 10.1 Å². The van der Waals surface area contributed by atoms with Crippen LogP contribution in [0.3, 0.4) is 0 Å². The van der Waals surface area contributed by atoms with Crippen molar-refractivity contribution in [3.63, 3.8) is 0 Å². The van der Waals surface area contributed by atoms with Crippen molar-refractivity contribution < 1.29 is 19.4 Å². The summed E-state index contributed by atoms with van der Waals surface area (Å²) in [6.45, 7) is 3.76. The van der Waals surface area contributed by atoms with Gasteiger partial charge in [-0.15, -0.1) is 5.10 Å². The number of rotatable bonds is 9. The van der Waals surface area contributed by atoms with Gasteiger partial charge in [-0.3, -0.25) is 9.59 Å². The van der Waals surface area contributed by atoms with E-state index in [1.165, 1.54) is 4.68 Å². The van der Waals surface area contributed by atoms with E-state index in [4.69, 9.17) is 9.84 Å². The zero-order chi connectivity index (χ0) is 19.1. The van der Waals surface area contributed by atoms with Crippen LogP contribution in [0.15, 0.2) is 24.3 Å². The van der Waals surface area contributed by atoms with Crippen LogP contribution in [0.1, 0.15) is 30.8 Å². The summed E-state index contributed by atoms with van der Waals surface area (Å²) in [6.07, 6.45) is 0.368. The first-order chi connectivity index (χ1) is 12.4. The molecule has 1 heterocycles. The third-order valence-corrected chi connectivity index (χ3v) is 3.97. The molecule has 2 rings (SSSR count). The maximum Gasteiger partial charge on any atom is 0.303 e. The molecule has 2 aromatic rings. The molecule has 140 valence electrons. The van der Waals surface area contributed by atoms with Crippen molar-refractivity contribution in [1.29, 1.82) is 0 Å². The molecule has 9 nitrogen and oxygen atoms in total. The Morgan fingerprint density at radius 3 is 2.77 bits per heavy atom. The first-order valence-corrected chi connectivity index (χ1v) is 8.27. The van der Waals surface area contributed by atoms with Crippen LogP contribution in [0, 0.1) is 12.8 Å². The largest absolute Gasteiger partial charge is 0.497 e. The average Bonchev–Trinajstić information content (AvgIpc) is 3.03. The summed E-state index contributed by atoms with van der Waals surface area (Å²) in [6, 6.07) is 6.79. The molecule has 9 heteroatoms. The number of hydrogen-bond acceptors (Lipinski definition) is 6. The monoisotopic (exact) mass is 361 g/mol. The molecule has 1 aromatic carbocycles. The summed E-state index contributed by atoms with van der Waals surface area (Å²) >= 11 is 0. The number of hydrogen-bond donors (Lipinski definition) is 2. The second kappa shape index (κ2) is 8.93. The summed E-state index contributed by atoms with van der Waals surface area (Å²) in [7, 11) is 1.58. The molecule has 0 fully saturated rings. The van der Waals surface area contributed by atoms with Crippen molar-refractivity contribution in [1.82, 2.24) is 25.5 Å². The zero-order valence-corrected chi connectivity index (χ0v) is 15.0. The standard InChI is InChI=1S/C17H23N5O4/c1-11(7-16(23)24)10-18-17(25)15(22-12(2)19-20-21-22)9-13-5-4-6-14(8-13)26-3/h4-6,8,11,15H,7,9-10H2,1-3H3,(H,18,25)(H,23,24). The van der Waals surface area contributed by atoms with Crippen molar-refractivity contribution in [2.75, 3.05) is 13.7 Å². The van der Waals surface area contributed by atoms with Crippen LogP contribution in [0.2, 0.25) is 0 Å². The number of tetrazole rings is 1. The molecule has 0 saturated carbocycles. The topological polar surface area (TPSA) is 119 Å². The second-order valence-corrected chi connectivity index (χ2v) is 6.19. The van der Waals surface area contributed by atoms with E-state index in [1.807, 2.05) is 24.3 Å². The Balaban J connectivity index is 2.14. The first kappa shape index (κ1) is 19.4. The van der Waals surface area contributed by atoms with E-state index in [1.54, 1.807) is 21.0 Å². The molecule has 1 amide bonds. The number of ether oxygens (including phenoxy) is 1. The van der Waals surface area contributed by atoms with Crippen LogP contribution in [0.5, 0.6) is 5.75 Å². The quantitative estimate of drug-likeness (QED) is 0.684. The van der Waals surface area contributed by atoms with Gasteiger partial charge in [0.1, 0.15) is 17.6 Å². The number of methoxy groups -OCH3 is 1. The molecule has 26 heavy (non-hydrogen) atoms. The van der Waals surface area contributed by atoms with E-state index < -0.39 is 12.0 Å². The van der Waals surface area contributed by atoms with E-state index in [0.29, 0.717) is 18.0 Å². The maximum atomic E-state index is 12.7. The first-order valence-electron chi connectivity index (χ1n) is 8.27. The number of benzene rings is 1. The molecule has 0 spiro atoms. The van der Waals surface area contributed by atoms with Crippen LogP contribution >= 0.6 is 0 Å². The molecule has 0 bridgehead atoms. The molecule has 0 aliphatic heterocycles.